The zero-order chi connectivity index (χ0) is 12.1. The van der Waals surface area contributed by atoms with Gasteiger partial charge < -0.3 is 10.5 Å². The number of rotatable bonds is 4. The summed E-state index contributed by atoms with van der Waals surface area (Å²) in [5.41, 5.74) is 7.60. The molecule has 17 heavy (non-hydrogen) atoms. The smallest absolute Gasteiger partial charge is 0.120 e. The van der Waals surface area contributed by atoms with Crippen molar-refractivity contribution in [2.45, 2.75) is 6.42 Å². The van der Waals surface area contributed by atoms with Gasteiger partial charge in [0.15, 0.2) is 0 Å². The Kier molecular flexibility index (Phi) is 3.98. The van der Waals surface area contributed by atoms with Crippen LogP contribution in [0.3, 0.4) is 0 Å². The maximum Gasteiger partial charge on any atom is 0.120 e. The van der Waals surface area contributed by atoms with Gasteiger partial charge in [0.25, 0.3) is 0 Å². The minimum absolute atomic E-state index is 0.590. The number of nitrogens with zero attached hydrogens (tertiary/aromatic N) is 1. The van der Waals surface area contributed by atoms with Gasteiger partial charge in [0.05, 0.1) is 6.61 Å². The van der Waals surface area contributed by atoms with E-state index in [1.165, 1.54) is 0 Å². The Morgan fingerprint density at radius 3 is 2.94 bits per heavy atom. The third-order valence-corrected chi connectivity index (χ3v) is 2.87. The number of aromatic nitrogens is 1. The van der Waals surface area contributed by atoms with E-state index in [2.05, 4.69) is 20.9 Å². The van der Waals surface area contributed by atoms with Crippen LogP contribution in [0.5, 0.6) is 5.75 Å². The summed E-state index contributed by atoms with van der Waals surface area (Å²) in [4.78, 5) is 4.04. The molecule has 0 bridgehead atoms. The fourth-order valence-corrected chi connectivity index (χ4v) is 1.86. The van der Waals surface area contributed by atoms with E-state index in [1.54, 1.807) is 18.5 Å². The highest BCUT2D eigenvalue weighted by Crippen LogP contribution is 2.18. The van der Waals surface area contributed by atoms with E-state index in [0.717, 1.165) is 27.9 Å². The highest BCUT2D eigenvalue weighted by atomic mass is 79.9. The van der Waals surface area contributed by atoms with E-state index < -0.39 is 0 Å². The fourth-order valence-electron chi connectivity index (χ4n) is 1.48. The first-order valence-electron chi connectivity index (χ1n) is 5.32. The molecule has 0 saturated heterocycles. The van der Waals surface area contributed by atoms with Crippen molar-refractivity contribution in [1.82, 2.24) is 4.98 Å². The lowest BCUT2D eigenvalue weighted by Crippen LogP contribution is -2.04. The van der Waals surface area contributed by atoms with Crippen molar-refractivity contribution in [3.8, 4) is 5.75 Å². The molecule has 0 aliphatic rings. The molecule has 2 rings (SSSR count). The summed E-state index contributed by atoms with van der Waals surface area (Å²) in [5, 5.41) is 0. The van der Waals surface area contributed by atoms with Crippen molar-refractivity contribution < 1.29 is 4.74 Å². The Morgan fingerprint density at radius 2 is 2.18 bits per heavy atom. The van der Waals surface area contributed by atoms with Gasteiger partial charge in [-0.25, -0.2) is 0 Å². The molecule has 1 aromatic carbocycles. The van der Waals surface area contributed by atoms with Crippen LogP contribution < -0.4 is 10.5 Å². The van der Waals surface area contributed by atoms with Crippen LogP contribution in [0.1, 0.15) is 5.56 Å². The predicted molar refractivity (Wildman–Crippen MR) is 72.0 cm³/mol. The number of anilines is 1. The number of nitrogen functional groups attached to an aromatic ring is 1. The van der Waals surface area contributed by atoms with Crippen LogP contribution in [0, 0.1) is 0 Å². The van der Waals surface area contributed by atoms with E-state index in [-0.39, 0.29) is 0 Å². The summed E-state index contributed by atoms with van der Waals surface area (Å²) < 4.78 is 6.64. The Labute approximate surface area is 109 Å². The van der Waals surface area contributed by atoms with Gasteiger partial charge >= 0.3 is 0 Å². The third-order valence-electron chi connectivity index (χ3n) is 2.38. The molecule has 0 amide bonds. The molecule has 0 unspecified atom stereocenters. The third kappa shape index (κ3) is 3.46. The second-order valence-corrected chi connectivity index (χ2v) is 4.55. The van der Waals surface area contributed by atoms with Gasteiger partial charge in [-0.3, -0.25) is 4.98 Å². The molecule has 0 atom stereocenters. The van der Waals surface area contributed by atoms with Crippen molar-refractivity contribution in [3.05, 3.63) is 52.8 Å². The lowest BCUT2D eigenvalue weighted by atomic mass is 10.2. The lowest BCUT2D eigenvalue weighted by Gasteiger charge is -2.07. The predicted octanol–water partition coefficient (Wildman–Crippen LogP) is 3.05. The van der Waals surface area contributed by atoms with Crippen LogP contribution in [0.4, 0.5) is 5.69 Å². The maximum absolute atomic E-state index is 5.82. The van der Waals surface area contributed by atoms with Gasteiger partial charge in [0, 0.05) is 29.0 Å². The minimum Gasteiger partial charge on any atom is -0.493 e. The summed E-state index contributed by atoms with van der Waals surface area (Å²) in [6, 6.07) is 9.57. The molecule has 0 fully saturated rings. The average Bonchev–Trinajstić information content (AvgIpc) is 2.32. The quantitative estimate of drug-likeness (QED) is 0.942. The number of hydrogen-bond donors (Lipinski definition) is 1. The average molecular weight is 293 g/mol. The van der Waals surface area contributed by atoms with Crippen LogP contribution >= 0.6 is 15.9 Å². The summed E-state index contributed by atoms with van der Waals surface area (Å²) in [5.74, 6) is 0.849. The molecule has 0 saturated carbocycles. The SMILES string of the molecule is Nc1ccncc1CCOc1cccc(Br)c1. The Balaban J connectivity index is 1.90. The van der Waals surface area contributed by atoms with Crippen LogP contribution in [-0.2, 0) is 6.42 Å². The minimum atomic E-state index is 0.590. The first-order valence-corrected chi connectivity index (χ1v) is 6.12. The normalized spacial score (nSPS) is 10.2. The first-order chi connectivity index (χ1) is 8.25. The molecule has 0 aliphatic carbocycles. The van der Waals surface area contributed by atoms with Crippen LogP contribution in [0.15, 0.2) is 47.2 Å². The van der Waals surface area contributed by atoms with Crippen molar-refractivity contribution in [2.75, 3.05) is 12.3 Å². The fraction of sp³-hybridized carbons (Fsp3) is 0.154. The number of benzene rings is 1. The number of hydrogen-bond acceptors (Lipinski definition) is 3. The molecule has 4 heteroatoms. The molecule has 1 heterocycles. The van der Waals surface area contributed by atoms with Gasteiger partial charge in [-0.15, -0.1) is 0 Å². The number of pyridine rings is 1. The van der Waals surface area contributed by atoms with Crippen LogP contribution in [-0.4, -0.2) is 11.6 Å². The highest BCUT2D eigenvalue weighted by Gasteiger charge is 1.99. The lowest BCUT2D eigenvalue weighted by molar-refractivity contribution is 0.322. The summed E-state index contributed by atoms with van der Waals surface area (Å²) in [6.07, 6.45) is 4.22. The number of nitrogens with two attached hydrogens (primary N) is 1. The Bertz CT molecular complexity index is 502. The van der Waals surface area contributed by atoms with E-state index in [1.807, 2.05) is 24.3 Å². The van der Waals surface area contributed by atoms with E-state index >= 15 is 0 Å². The second kappa shape index (κ2) is 5.68. The van der Waals surface area contributed by atoms with Crippen molar-refractivity contribution in [2.24, 2.45) is 0 Å². The van der Waals surface area contributed by atoms with E-state index in [9.17, 15) is 0 Å². The summed E-state index contributed by atoms with van der Waals surface area (Å²) >= 11 is 3.40. The van der Waals surface area contributed by atoms with Crippen LogP contribution in [0.2, 0.25) is 0 Å². The molecule has 0 spiro atoms. The highest BCUT2D eigenvalue weighted by molar-refractivity contribution is 9.10. The maximum atomic E-state index is 5.82. The molecule has 0 radical (unpaired) electrons. The first kappa shape index (κ1) is 11.9. The number of ether oxygens (including phenoxy) is 1. The summed E-state index contributed by atoms with van der Waals surface area (Å²) in [7, 11) is 0. The van der Waals surface area contributed by atoms with Gasteiger partial charge in [-0.05, 0) is 29.8 Å². The van der Waals surface area contributed by atoms with Gasteiger partial charge in [-0.1, -0.05) is 22.0 Å². The Hall–Kier alpha value is -1.55. The molecule has 88 valence electrons. The molecule has 2 aromatic rings. The Morgan fingerprint density at radius 1 is 1.29 bits per heavy atom. The topological polar surface area (TPSA) is 48.1 Å². The van der Waals surface area contributed by atoms with Crippen molar-refractivity contribution >= 4 is 21.6 Å². The standard InChI is InChI=1S/C13H13BrN2O/c14-11-2-1-3-12(8-11)17-7-5-10-9-16-6-4-13(10)15/h1-4,6,8-9H,5,7H2,(H2,15,16). The molecule has 1 aromatic heterocycles. The zero-order valence-electron chi connectivity index (χ0n) is 9.27. The van der Waals surface area contributed by atoms with E-state index in [4.69, 9.17) is 10.5 Å². The summed E-state index contributed by atoms with van der Waals surface area (Å²) in [6.45, 7) is 0.590. The van der Waals surface area contributed by atoms with Crippen LogP contribution in [0.25, 0.3) is 0 Å². The molecule has 0 aliphatic heterocycles. The monoisotopic (exact) mass is 292 g/mol. The second-order valence-electron chi connectivity index (χ2n) is 3.63. The van der Waals surface area contributed by atoms with Gasteiger partial charge in [0.1, 0.15) is 5.75 Å². The van der Waals surface area contributed by atoms with Gasteiger partial charge in [-0.2, -0.15) is 0 Å². The van der Waals surface area contributed by atoms with Crippen molar-refractivity contribution in [3.63, 3.8) is 0 Å². The van der Waals surface area contributed by atoms with Crippen molar-refractivity contribution in [1.29, 1.82) is 0 Å². The zero-order valence-corrected chi connectivity index (χ0v) is 10.9. The van der Waals surface area contributed by atoms with Gasteiger partial charge in [0.2, 0.25) is 0 Å². The molecular formula is C13H13BrN2O. The molecule has 3 nitrogen and oxygen atoms in total. The van der Waals surface area contributed by atoms with E-state index in [0.29, 0.717) is 6.61 Å². The molecule has 2 N–H and O–H groups in total. The largest absolute Gasteiger partial charge is 0.493 e. The molecular weight excluding hydrogens is 280 g/mol. The number of halogens is 1.